The molecule has 4 nitrogen and oxygen atoms in total. The number of methoxy groups -OCH3 is 2. The van der Waals surface area contributed by atoms with E-state index in [9.17, 15) is 0 Å². The largest absolute Gasteiger partial charge is 0.384 e. The number of rotatable bonds is 8. The molecule has 13 heavy (non-hydrogen) atoms. The van der Waals surface area contributed by atoms with Gasteiger partial charge in [0.05, 0.1) is 13.2 Å². The van der Waals surface area contributed by atoms with Crippen molar-refractivity contribution in [2.45, 2.75) is 13.0 Å². The molecule has 0 rings (SSSR count). The van der Waals surface area contributed by atoms with Crippen LogP contribution in [0.25, 0.3) is 0 Å². The number of hydrogen-bond acceptors (Lipinski definition) is 4. The Morgan fingerprint density at radius 3 is 2.46 bits per heavy atom. The van der Waals surface area contributed by atoms with Gasteiger partial charge in [0.15, 0.2) is 0 Å². The van der Waals surface area contributed by atoms with Gasteiger partial charge in [0, 0.05) is 33.4 Å². The minimum absolute atomic E-state index is 0.315. The van der Waals surface area contributed by atoms with Gasteiger partial charge in [0.1, 0.15) is 0 Å². The van der Waals surface area contributed by atoms with Gasteiger partial charge in [-0.05, 0) is 5.92 Å². The smallest absolute Gasteiger partial charge is 0.0587 e. The Hall–Kier alpha value is -0.160. The molecule has 0 fully saturated rings. The lowest BCUT2D eigenvalue weighted by Crippen LogP contribution is -2.43. The lowest BCUT2D eigenvalue weighted by atomic mass is 10.0. The van der Waals surface area contributed by atoms with Gasteiger partial charge in [0.2, 0.25) is 0 Å². The predicted octanol–water partition coefficient (Wildman–Crippen LogP) is -0.168. The SMILES string of the molecule is COCCNC(CN)C(C)COC. The van der Waals surface area contributed by atoms with Gasteiger partial charge >= 0.3 is 0 Å². The van der Waals surface area contributed by atoms with E-state index in [0.29, 0.717) is 18.5 Å². The Morgan fingerprint density at radius 1 is 1.31 bits per heavy atom. The molecule has 0 aliphatic rings. The highest BCUT2D eigenvalue weighted by atomic mass is 16.5. The first-order valence-corrected chi connectivity index (χ1v) is 4.67. The molecule has 2 unspecified atom stereocenters. The van der Waals surface area contributed by atoms with E-state index in [1.165, 1.54) is 0 Å². The maximum absolute atomic E-state index is 5.63. The Bertz CT molecular complexity index is 112. The molecule has 0 spiro atoms. The second kappa shape index (κ2) is 8.44. The fourth-order valence-electron chi connectivity index (χ4n) is 1.24. The fourth-order valence-corrected chi connectivity index (χ4v) is 1.24. The highest BCUT2D eigenvalue weighted by Crippen LogP contribution is 2.01. The zero-order valence-electron chi connectivity index (χ0n) is 8.88. The highest BCUT2D eigenvalue weighted by molar-refractivity contribution is 4.73. The fraction of sp³-hybridized carbons (Fsp3) is 1.00. The van der Waals surface area contributed by atoms with Crippen molar-refractivity contribution in [1.82, 2.24) is 5.32 Å². The maximum atomic E-state index is 5.63. The summed E-state index contributed by atoms with van der Waals surface area (Å²) in [7, 11) is 3.40. The van der Waals surface area contributed by atoms with Gasteiger partial charge in [-0.1, -0.05) is 6.92 Å². The van der Waals surface area contributed by atoms with Gasteiger partial charge in [-0.3, -0.25) is 0 Å². The molecule has 4 heteroatoms. The van der Waals surface area contributed by atoms with Crippen molar-refractivity contribution in [3.05, 3.63) is 0 Å². The minimum Gasteiger partial charge on any atom is -0.384 e. The summed E-state index contributed by atoms with van der Waals surface area (Å²) >= 11 is 0. The zero-order valence-corrected chi connectivity index (χ0v) is 8.88. The van der Waals surface area contributed by atoms with Crippen molar-refractivity contribution in [1.29, 1.82) is 0 Å². The first-order valence-electron chi connectivity index (χ1n) is 4.67. The first kappa shape index (κ1) is 12.8. The predicted molar refractivity (Wildman–Crippen MR) is 53.8 cm³/mol. The van der Waals surface area contributed by atoms with Crippen molar-refractivity contribution >= 4 is 0 Å². The summed E-state index contributed by atoms with van der Waals surface area (Å²) in [5.74, 6) is 0.437. The molecule has 0 saturated carbocycles. The second-order valence-corrected chi connectivity index (χ2v) is 3.22. The van der Waals surface area contributed by atoms with Gasteiger partial charge in [-0.15, -0.1) is 0 Å². The molecule has 0 bridgehead atoms. The number of hydrogen-bond donors (Lipinski definition) is 2. The monoisotopic (exact) mass is 190 g/mol. The third kappa shape index (κ3) is 5.99. The average molecular weight is 190 g/mol. The Kier molecular flexibility index (Phi) is 8.33. The summed E-state index contributed by atoms with van der Waals surface area (Å²) in [5.41, 5.74) is 5.63. The highest BCUT2D eigenvalue weighted by Gasteiger charge is 2.14. The van der Waals surface area contributed by atoms with E-state index < -0.39 is 0 Å². The van der Waals surface area contributed by atoms with Gasteiger partial charge in [-0.25, -0.2) is 0 Å². The molecule has 0 aromatic heterocycles. The van der Waals surface area contributed by atoms with Crippen LogP contribution in [-0.4, -0.2) is 46.6 Å². The van der Waals surface area contributed by atoms with Crippen molar-refractivity contribution in [3.8, 4) is 0 Å². The van der Waals surface area contributed by atoms with Gasteiger partial charge in [-0.2, -0.15) is 0 Å². The zero-order chi connectivity index (χ0) is 10.1. The number of nitrogens with one attached hydrogen (secondary N) is 1. The van der Waals surface area contributed by atoms with E-state index in [4.69, 9.17) is 15.2 Å². The van der Waals surface area contributed by atoms with Crippen molar-refractivity contribution in [2.24, 2.45) is 11.7 Å². The average Bonchev–Trinajstić information content (AvgIpc) is 2.13. The standard InChI is InChI=1S/C9H22N2O2/c1-8(7-13-3)9(6-10)11-4-5-12-2/h8-9,11H,4-7,10H2,1-3H3. The first-order chi connectivity index (χ1) is 6.26. The molecular weight excluding hydrogens is 168 g/mol. The van der Waals surface area contributed by atoms with Crippen LogP contribution >= 0.6 is 0 Å². The van der Waals surface area contributed by atoms with Crippen LogP contribution in [0, 0.1) is 5.92 Å². The molecule has 0 aliphatic carbocycles. The van der Waals surface area contributed by atoms with E-state index in [1.54, 1.807) is 14.2 Å². The molecule has 0 aromatic rings. The maximum Gasteiger partial charge on any atom is 0.0587 e. The summed E-state index contributed by atoms with van der Waals surface area (Å²) in [6, 6.07) is 0.315. The third-order valence-electron chi connectivity index (χ3n) is 2.08. The molecular formula is C9H22N2O2. The molecule has 0 radical (unpaired) electrons. The molecule has 0 heterocycles. The van der Waals surface area contributed by atoms with Crippen LogP contribution in [0.15, 0.2) is 0 Å². The van der Waals surface area contributed by atoms with E-state index in [2.05, 4.69) is 12.2 Å². The molecule has 3 N–H and O–H groups in total. The van der Waals surface area contributed by atoms with Crippen LogP contribution in [0.3, 0.4) is 0 Å². The van der Waals surface area contributed by atoms with E-state index in [-0.39, 0.29) is 0 Å². The summed E-state index contributed by atoms with van der Waals surface area (Å²) < 4.78 is 10.0. The number of ether oxygens (including phenoxy) is 2. The molecule has 2 atom stereocenters. The summed E-state index contributed by atoms with van der Waals surface area (Å²) in [5, 5.41) is 3.32. The Balaban J connectivity index is 3.60. The Labute approximate surface area is 80.8 Å². The van der Waals surface area contributed by atoms with Crippen molar-refractivity contribution in [2.75, 3.05) is 40.5 Å². The summed E-state index contributed by atoms with van der Waals surface area (Å²) in [6.07, 6.45) is 0. The quantitative estimate of drug-likeness (QED) is 0.522. The minimum atomic E-state index is 0.315. The molecule has 0 amide bonds. The lowest BCUT2D eigenvalue weighted by molar-refractivity contribution is 0.135. The third-order valence-corrected chi connectivity index (χ3v) is 2.08. The molecule has 0 aliphatic heterocycles. The van der Waals surface area contributed by atoms with Crippen molar-refractivity contribution < 1.29 is 9.47 Å². The van der Waals surface area contributed by atoms with Crippen LogP contribution in [0.1, 0.15) is 6.92 Å². The topological polar surface area (TPSA) is 56.5 Å². The number of nitrogens with two attached hydrogens (primary N) is 1. The Morgan fingerprint density at radius 2 is 2.00 bits per heavy atom. The lowest BCUT2D eigenvalue weighted by Gasteiger charge is -2.23. The normalized spacial score (nSPS) is 15.7. The summed E-state index contributed by atoms with van der Waals surface area (Å²) in [4.78, 5) is 0. The van der Waals surface area contributed by atoms with Gasteiger partial charge in [0.25, 0.3) is 0 Å². The molecule has 80 valence electrons. The molecule has 0 aromatic carbocycles. The molecule has 0 saturated heterocycles. The van der Waals surface area contributed by atoms with E-state index in [0.717, 1.165) is 19.8 Å². The van der Waals surface area contributed by atoms with Crippen LogP contribution in [-0.2, 0) is 9.47 Å². The van der Waals surface area contributed by atoms with Crippen LogP contribution < -0.4 is 11.1 Å². The van der Waals surface area contributed by atoms with Crippen LogP contribution in [0.4, 0.5) is 0 Å². The van der Waals surface area contributed by atoms with Gasteiger partial charge < -0.3 is 20.5 Å². The van der Waals surface area contributed by atoms with E-state index in [1.807, 2.05) is 0 Å². The summed E-state index contributed by atoms with van der Waals surface area (Å²) in [6.45, 7) is 5.06. The van der Waals surface area contributed by atoms with Crippen LogP contribution in [0.2, 0.25) is 0 Å². The van der Waals surface area contributed by atoms with E-state index >= 15 is 0 Å². The van der Waals surface area contributed by atoms with Crippen LogP contribution in [0.5, 0.6) is 0 Å². The van der Waals surface area contributed by atoms with Crippen molar-refractivity contribution in [3.63, 3.8) is 0 Å². The second-order valence-electron chi connectivity index (χ2n) is 3.22.